The summed E-state index contributed by atoms with van der Waals surface area (Å²) >= 11 is 0. The van der Waals surface area contributed by atoms with E-state index in [9.17, 15) is 19.5 Å². The number of rotatable bonds is 10. The zero-order chi connectivity index (χ0) is 28.6. The van der Waals surface area contributed by atoms with E-state index in [1.165, 1.54) is 17.0 Å². The van der Waals surface area contributed by atoms with Crippen LogP contribution >= 0.6 is 0 Å². The molecule has 38 heavy (non-hydrogen) atoms. The SMILES string of the molecule is CCC(C)N(C(=O)C(NC(=O)OC(C)(C)C)C(C)C)C(C(=O)Nc1ccc(OC)cc1)c1ccc(O)cc1. The van der Waals surface area contributed by atoms with Crippen LogP contribution in [0.1, 0.15) is 66.5 Å². The fourth-order valence-corrected chi connectivity index (χ4v) is 3.88. The molecule has 0 fully saturated rings. The standard InChI is InChI=1S/C29H41N3O6/c1-9-19(4)32(27(35)24(18(2)3)31-28(36)38-29(5,6)7)25(20-10-14-22(33)15-11-20)26(34)30-21-12-16-23(37-8)17-13-21/h10-19,24-25,33H,9H2,1-8H3,(H,30,34)(H,31,36). The molecule has 3 atom stereocenters. The number of phenolic OH excluding ortho intramolecular Hbond substituents is 1. The number of methoxy groups -OCH3 is 1. The molecular formula is C29H41N3O6. The highest BCUT2D eigenvalue weighted by Crippen LogP contribution is 2.30. The zero-order valence-electron chi connectivity index (χ0n) is 23.6. The van der Waals surface area contributed by atoms with E-state index in [-0.39, 0.29) is 17.7 Å². The quantitative estimate of drug-likeness (QED) is 0.388. The normalized spacial score (nSPS) is 13.7. The second-order valence-electron chi connectivity index (χ2n) is 10.6. The lowest BCUT2D eigenvalue weighted by molar-refractivity contribution is -0.144. The first-order chi connectivity index (χ1) is 17.8. The number of carbonyl (C=O) groups excluding carboxylic acids is 3. The van der Waals surface area contributed by atoms with Gasteiger partial charge in [-0.25, -0.2) is 4.79 Å². The lowest BCUT2D eigenvalue weighted by Gasteiger charge is -2.39. The summed E-state index contributed by atoms with van der Waals surface area (Å²) in [6.45, 7) is 12.7. The Kier molecular flexibility index (Phi) is 10.6. The molecule has 0 saturated carbocycles. The number of ether oxygens (including phenoxy) is 2. The lowest BCUT2D eigenvalue weighted by Crippen LogP contribution is -2.56. The van der Waals surface area contributed by atoms with Gasteiger partial charge in [0.15, 0.2) is 0 Å². The van der Waals surface area contributed by atoms with Gasteiger partial charge in [-0.1, -0.05) is 32.9 Å². The average molecular weight is 528 g/mol. The van der Waals surface area contributed by atoms with Gasteiger partial charge in [0.1, 0.15) is 29.2 Å². The first-order valence-corrected chi connectivity index (χ1v) is 12.8. The summed E-state index contributed by atoms with van der Waals surface area (Å²) in [4.78, 5) is 42.1. The van der Waals surface area contributed by atoms with E-state index in [4.69, 9.17) is 9.47 Å². The Labute approximate surface area is 225 Å². The summed E-state index contributed by atoms with van der Waals surface area (Å²) in [5.41, 5.74) is 0.309. The van der Waals surface area contributed by atoms with Crippen LogP contribution in [0.4, 0.5) is 10.5 Å². The summed E-state index contributed by atoms with van der Waals surface area (Å²) in [6.07, 6.45) is -0.148. The molecule has 9 heteroatoms. The number of nitrogens with one attached hydrogen (secondary N) is 2. The van der Waals surface area contributed by atoms with E-state index in [1.807, 2.05) is 27.7 Å². The molecular weight excluding hydrogens is 486 g/mol. The van der Waals surface area contributed by atoms with Crippen LogP contribution in [0.15, 0.2) is 48.5 Å². The fourth-order valence-electron chi connectivity index (χ4n) is 3.88. The molecule has 3 unspecified atom stereocenters. The summed E-state index contributed by atoms with van der Waals surface area (Å²) in [6, 6.07) is 10.7. The minimum absolute atomic E-state index is 0.0381. The van der Waals surface area contributed by atoms with Crippen molar-refractivity contribution in [1.29, 1.82) is 0 Å². The van der Waals surface area contributed by atoms with Crippen molar-refractivity contribution in [1.82, 2.24) is 10.2 Å². The predicted molar refractivity (Wildman–Crippen MR) is 147 cm³/mol. The third-order valence-electron chi connectivity index (χ3n) is 6.02. The van der Waals surface area contributed by atoms with Crippen molar-refractivity contribution in [2.24, 2.45) is 5.92 Å². The van der Waals surface area contributed by atoms with Gasteiger partial charge in [0, 0.05) is 11.7 Å². The maximum absolute atomic E-state index is 14.1. The molecule has 208 valence electrons. The Hall–Kier alpha value is -3.75. The van der Waals surface area contributed by atoms with E-state index >= 15 is 0 Å². The summed E-state index contributed by atoms with van der Waals surface area (Å²) in [5, 5.41) is 15.5. The molecule has 9 nitrogen and oxygen atoms in total. The second kappa shape index (κ2) is 13.2. The minimum Gasteiger partial charge on any atom is -0.508 e. The lowest BCUT2D eigenvalue weighted by atomic mass is 9.96. The largest absolute Gasteiger partial charge is 0.508 e. The highest BCUT2D eigenvalue weighted by atomic mass is 16.6. The van der Waals surface area contributed by atoms with E-state index in [0.29, 0.717) is 23.4 Å². The van der Waals surface area contributed by atoms with E-state index in [1.54, 1.807) is 64.3 Å². The van der Waals surface area contributed by atoms with Gasteiger partial charge in [0.25, 0.3) is 5.91 Å². The van der Waals surface area contributed by atoms with Gasteiger partial charge in [-0.05, 0) is 82.0 Å². The van der Waals surface area contributed by atoms with Gasteiger partial charge in [0.05, 0.1) is 7.11 Å². The molecule has 0 bridgehead atoms. The Bertz CT molecular complexity index is 1080. The molecule has 0 aliphatic heterocycles. The Morgan fingerprint density at radius 3 is 2.03 bits per heavy atom. The number of hydrogen-bond donors (Lipinski definition) is 3. The average Bonchev–Trinajstić information content (AvgIpc) is 2.84. The molecule has 2 rings (SSSR count). The molecule has 0 aliphatic carbocycles. The number of benzene rings is 2. The number of nitrogens with zero attached hydrogens (tertiary/aromatic N) is 1. The van der Waals surface area contributed by atoms with Crippen LogP contribution in [0.25, 0.3) is 0 Å². The molecule has 0 spiro atoms. The van der Waals surface area contributed by atoms with Crippen LogP contribution in [-0.4, -0.2) is 52.7 Å². The number of anilines is 1. The topological polar surface area (TPSA) is 117 Å². The maximum atomic E-state index is 14.1. The highest BCUT2D eigenvalue weighted by molar-refractivity contribution is 5.99. The van der Waals surface area contributed by atoms with Gasteiger partial charge in [-0.15, -0.1) is 0 Å². The van der Waals surface area contributed by atoms with Crippen LogP contribution in [0.5, 0.6) is 11.5 Å². The first kappa shape index (κ1) is 30.5. The number of aromatic hydroxyl groups is 1. The van der Waals surface area contributed by atoms with Crippen LogP contribution in [0.3, 0.4) is 0 Å². The molecule has 0 aliphatic rings. The van der Waals surface area contributed by atoms with Crippen LogP contribution < -0.4 is 15.4 Å². The monoisotopic (exact) mass is 527 g/mol. The molecule has 0 aromatic heterocycles. The molecule has 0 radical (unpaired) electrons. The van der Waals surface area contributed by atoms with Crippen LogP contribution in [0, 0.1) is 5.92 Å². The summed E-state index contributed by atoms with van der Waals surface area (Å²) < 4.78 is 10.6. The zero-order valence-corrected chi connectivity index (χ0v) is 23.6. The first-order valence-electron chi connectivity index (χ1n) is 12.8. The number of carbonyl (C=O) groups is 3. The van der Waals surface area contributed by atoms with Crippen molar-refractivity contribution < 1.29 is 29.0 Å². The van der Waals surface area contributed by atoms with Crippen molar-refractivity contribution >= 4 is 23.6 Å². The smallest absolute Gasteiger partial charge is 0.408 e. The Morgan fingerprint density at radius 1 is 0.974 bits per heavy atom. The fraction of sp³-hybridized carbons (Fsp3) is 0.483. The Morgan fingerprint density at radius 2 is 1.55 bits per heavy atom. The number of hydrogen-bond acceptors (Lipinski definition) is 6. The molecule has 3 N–H and O–H groups in total. The molecule has 2 aromatic rings. The molecule has 0 heterocycles. The van der Waals surface area contributed by atoms with Crippen molar-refractivity contribution in [3.05, 3.63) is 54.1 Å². The van der Waals surface area contributed by atoms with E-state index in [0.717, 1.165) is 0 Å². The van der Waals surface area contributed by atoms with Crippen molar-refractivity contribution in [3.8, 4) is 11.5 Å². The van der Waals surface area contributed by atoms with Gasteiger partial charge in [-0.2, -0.15) is 0 Å². The van der Waals surface area contributed by atoms with Crippen molar-refractivity contribution in [3.63, 3.8) is 0 Å². The van der Waals surface area contributed by atoms with E-state index in [2.05, 4.69) is 10.6 Å². The van der Waals surface area contributed by atoms with E-state index < -0.39 is 35.6 Å². The van der Waals surface area contributed by atoms with Crippen molar-refractivity contribution in [2.45, 2.75) is 78.6 Å². The third-order valence-corrected chi connectivity index (χ3v) is 6.02. The minimum atomic E-state index is -1.04. The molecule has 0 saturated heterocycles. The van der Waals surface area contributed by atoms with Gasteiger partial charge >= 0.3 is 6.09 Å². The van der Waals surface area contributed by atoms with Crippen molar-refractivity contribution in [2.75, 3.05) is 12.4 Å². The van der Waals surface area contributed by atoms with Gasteiger partial charge < -0.3 is 30.1 Å². The maximum Gasteiger partial charge on any atom is 0.408 e. The second-order valence-corrected chi connectivity index (χ2v) is 10.6. The van der Waals surface area contributed by atoms with Crippen LogP contribution in [-0.2, 0) is 14.3 Å². The molecule has 3 amide bonds. The number of phenols is 1. The third kappa shape index (κ3) is 8.39. The summed E-state index contributed by atoms with van der Waals surface area (Å²) in [7, 11) is 1.56. The Balaban J connectivity index is 2.52. The van der Waals surface area contributed by atoms with Gasteiger partial charge in [0.2, 0.25) is 5.91 Å². The predicted octanol–water partition coefficient (Wildman–Crippen LogP) is 5.26. The van der Waals surface area contributed by atoms with Crippen LogP contribution in [0.2, 0.25) is 0 Å². The summed E-state index contributed by atoms with van der Waals surface area (Å²) in [5.74, 6) is -0.456. The highest BCUT2D eigenvalue weighted by Gasteiger charge is 2.39. The number of alkyl carbamates (subject to hydrolysis) is 1. The number of amides is 3. The molecule has 2 aromatic carbocycles. The van der Waals surface area contributed by atoms with Gasteiger partial charge in [-0.3, -0.25) is 9.59 Å².